The zero-order valence-electron chi connectivity index (χ0n) is 13.0. The predicted octanol–water partition coefficient (Wildman–Crippen LogP) is 3.91. The first-order chi connectivity index (χ1) is 9.14. The third-order valence-corrected chi connectivity index (χ3v) is 5.36. The Hall–Kier alpha value is -0.380. The molecule has 2 N–H and O–H groups in total. The molecule has 1 rings (SSSR count). The summed E-state index contributed by atoms with van der Waals surface area (Å²) in [5.74, 6) is 0. The van der Waals surface area contributed by atoms with Crippen molar-refractivity contribution in [2.24, 2.45) is 5.73 Å². The van der Waals surface area contributed by atoms with Crippen molar-refractivity contribution in [2.75, 3.05) is 13.1 Å². The van der Waals surface area contributed by atoms with Gasteiger partial charge in [-0.1, -0.05) is 27.7 Å². The summed E-state index contributed by atoms with van der Waals surface area (Å²) < 4.78 is 0. The van der Waals surface area contributed by atoms with E-state index in [4.69, 9.17) is 5.73 Å². The Morgan fingerprint density at radius 3 is 2.26 bits per heavy atom. The quantitative estimate of drug-likeness (QED) is 0.744. The first-order valence-corrected chi connectivity index (χ1v) is 8.60. The molecule has 2 nitrogen and oxygen atoms in total. The van der Waals surface area contributed by atoms with Gasteiger partial charge < -0.3 is 5.73 Å². The third-order valence-electron chi connectivity index (χ3n) is 4.63. The van der Waals surface area contributed by atoms with Crippen LogP contribution in [0, 0.1) is 0 Å². The number of likely N-dealkylation sites (N-methyl/N-ethyl adjacent to an activating group) is 1. The van der Waals surface area contributed by atoms with Crippen molar-refractivity contribution < 1.29 is 0 Å². The molecule has 0 saturated carbocycles. The zero-order valence-corrected chi connectivity index (χ0v) is 13.8. The lowest BCUT2D eigenvalue weighted by atomic mass is 9.80. The van der Waals surface area contributed by atoms with E-state index in [0.29, 0.717) is 0 Å². The number of hydrogen-bond donors (Lipinski definition) is 1. The monoisotopic (exact) mass is 282 g/mol. The maximum atomic E-state index is 6.60. The van der Waals surface area contributed by atoms with Crippen LogP contribution in [0.25, 0.3) is 0 Å². The van der Waals surface area contributed by atoms with Crippen molar-refractivity contribution in [3.05, 3.63) is 22.4 Å². The standard InChI is InChI=1S/C16H30N2S/c1-5-16(6-2,18(7-3)8-4)15(17)10-9-14-11-12-19-13-14/h11-13,15H,5-10,17H2,1-4H3. The van der Waals surface area contributed by atoms with Crippen molar-refractivity contribution in [3.8, 4) is 0 Å². The lowest BCUT2D eigenvalue weighted by Gasteiger charge is -2.46. The fourth-order valence-corrected chi connectivity index (χ4v) is 4.04. The second-order valence-electron chi connectivity index (χ2n) is 5.26. The van der Waals surface area contributed by atoms with Crippen LogP contribution in [0.4, 0.5) is 0 Å². The van der Waals surface area contributed by atoms with E-state index in [1.807, 2.05) is 0 Å². The zero-order chi connectivity index (χ0) is 14.3. The SMILES string of the molecule is CCN(CC)C(CC)(CC)C(N)CCc1ccsc1. The predicted molar refractivity (Wildman–Crippen MR) is 86.8 cm³/mol. The highest BCUT2D eigenvalue weighted by molar-refractivity contribution is 7.07. The van der Waals surface area contributed by atoms with Gasteiger partial charge in [0.1, 0.15) is 0 Å². The topological polar surface area (TPSA) is 29.3 Å². The lowest BCUT2D eigenvalue weighted by molar-refractivity contribution is 0.0601. The van der Waals surface area contributed by atoms with Crippen LogP contribution in [0.1, 0.15) is 52.5 Å². The summed E-state index contributed by atoms with van der Waals surface area (Å²) in [7, 11) is 0. The number of thiophene rings is 1. The van der Waals surface area contributed by atoms with E-state index in [1.165, 1.54) is 5.56 Å². The van der Waals surface area contributed by atoms with Crippen LogP contribution in [0.15, 0.2) is 16.8 Å². The summed E-state index contributed by atoms with van der Waals surface area (Å²) in [5.41, 5.74) is 8.20. The highest BCUT2D eigenvalue weighted by atomic mass is 32.1. The van der Waals surface area contributed by atoms with Crippen LogP contribution in [-0.2, 0) is 6.42 Å². The molecule has 0 aromatic carbocycles. The Kier molecular flexibility index (Phi) is 7.05. The smallest absolute Gasteiger partial charge is 0.0355 e. The van der Waals surface area contributed by atoms with Crippen molar-refractivity contribution in [1.29, 1.82) is 0 Å². The molecule has 1 heterocycles. The van der Waals surface area contributed by atoms with E-state index in [0.717, 1.165) is 38.8 Å². The summed E-state index contributed by atoms with van der Waals surface area (Å²) in [6.07, 6.45) is 4.45. The van der Waals surface area contributed by atoms with Crippen molar-refractivity contribution in [1.82, 2.24) is 4.90 Å². The van der Waals surface area contributed by atoms with E-state index in [2.05, 4.69) is 49.4 Å². The van der Waals surface area contributed by atoms with Crippen LogP contribution in [0.3, 0.4) is 0 Å². The molecule has 0 aliphatic rings. The summed E-state index contributed by atoms with van der Waals surface area (Å²) in [5, 5.41) is 4.39. The molecule has 0 bridgehead atoms. The highest BCUT2D eigenvalue weighted by Crippen LogP contribution is 2.29. The molecule has 0 radical (unpaired) electrons. The largest absolute Gasteiger partial charge is 0.326 e. The molecular formula is C16H30N2S. The maximum absolute atomic E-state index is 6.60. The van der Waals surface area contributed by atoms with Crippen LogP contribution >= 0.6 is 11.3 Å². The van der Waals surface area contributed by atoms with E-state index in [9.17, 15) is 0 Å². The van der Waals surface area contributed by atoms with Crippen molar-refractivity contribution in [3.63, 3.8) is 0 Å². The van der Waals surface area contributed by atoms with Gasteiger partial charge in [0, 0.05) is 11.6 Å². The lowest BCUT2D eigenvalue weighted by Crippen LogP contribution is -2.59. The minimum Gasteiger partial charge on any atom is -0.326 e. The van der Waals surface area contributed by atoms with Gasteiger partial charge in [-0.2, -0.15) is 11.3 Å². The van der Waals surface area contributed by atoms with E-state index >= 15 is 0 Å². The van der Waals surface area contributed by atoms with Gasteiger partial charge in [-0.3, -0.25) is 4.90 Å². The summed E-state index contributed by atoms with van der Waals surface area (Å²) in [6.45, 7) is 11.2. The van der Waals surface area contributed by atoms with Gasteiger partial charge in [0.25, 0.3) is 0 Å². The molecule has 0 fully saturated rings. The average molecular weight is 282 g/mol. The molecule has 0 aliphatic carbocycles. The normalized spacial score (nSPS) is 14.0. The molecule has 1 aromatic heterocycles. The van der Waals surface area contributed by atoms with Crippen molar-refractivity contribution >= 4 is 11.3 Å². The van der Waals surface area contributed by atoms with Gasteiger partial charge in [0.05, 0.1) is 0 Å². The Bertz CT molecular complexity index is 327. The Morgan fingerprint density at radius 1 is 1.21 bits per heavy atom. The first-order valence-electron chi connectivity index (χ1n) is 7.66. The van der Waals surface area contributed by atoms with Gasteiger partial charge in [-0.15, -0.1) is 0 Å². The molecule has 1 aromatic rings. The Labute approximate surface area is 123 Å². The van der Waals surface area contributed by atoms with Crippen LogP contribution in [-0.4, -0.2) is 29.6 Å². The maximum Gasteiger partial charge on any atom is 0.0355 e. The van der Waals surface area contributed by atoms with Gasteiger partial charge in [-0.25, -0.2) is 0 Å². The van der Waals surface area contributed by atoms with Gasteiger partial charge in [0.15, 0.2) is 0 Å². The second kappa shape index (κ2) is 8.03. The molecule has 0 aliphatic heterocycles. The minimum absolute atomic E-state index is 0.166. The number of hydrogen-bond acceptors (Lipinski definition) is 3. The fourth-order valence-electron chi connectivity index (χ4n) is 3.34. The number of nitrogens with two attached hydrogens (primary N) is 1. The van der Waals surface area contributed by atoms with Crippen LogP contribution in [0.2, 0.25) is 0 Å². The molecule has 3 heteroatoms. The Morgan fingerprint density at radius 2 is 1.84 bits per heavy atom. The summed E-state index contributed by atoms with van der Waals surface area (Å²) >= 11 is 1.77. The van der Waals surface area contributed by atoms with Crippen LogP contribution in [0.5, 0.6) is 0 Å². The molecule has 0 spiro atoms. The molecule has 1 atom stereocenters. The molecule has 0 saturated heterocycles. The van der Waals surface area contributed by atoms with E-state index in [1.54, 1.807) is 11.3 Å². The van der Waals surface area contributed by atoms with Gasteiger partial charge in [-0.05, 0) is 61.2 Å². The molecule has 110 valence electrons. The molecule has 19 heavy (non-hydrogen) atoms. The van der Waals surface area contributed by atoms with E-state index < -0.39 is 0 Å². The molecule has 1 unspecified atom stereocenters. The van der Waals surface area contributed by atoms with E-state index in [-0.39, 0.29) is 11.6 Å². The first kappa shape index (κ1) is 16.7. The highest BCUT2D eigenvalue weighted by Gasteiger charge is 2.37. The summed E-state index contributed by atoms with van der Waals surface area (Å²) in [4.78, 5) is 2.56. The Balaban J connectivity index is 2.73. The molecular weight excluding hydrogens is 252 g/mol. The van der Waals surface area contributed by atoms with Crippen molar-refractivity contribution in [2.45, 2.75) is 65.0 Å². The third kappa shape index (κ3) is 3.80. The van der Waals surface area contributed by atoms with Gasteiger partial charge >= 0.3 is 0 Å². The summed E-state index contributed by atoms with van der Waals surface area (Å²) in [6, 6.07) is 2.47. The number of rotatable bonds is 9. The average Bonchev–Trinajstić information content (AvgIpc) is 2.95. The molecule has 0 amide bonds. The number of nitrogens with zero attached hydrogens (tertiary/aromatic N) is 1. The van der Waals surface area contributed by atoms with Crippen LogP contribution < -0.4 is 5.73 Å². The minimum atomic E-state index is 0.166. The fraction of sp³-hybridized carbons (Fsp3) is 0.750. The second-order valence-corrected chi connectivity index (χ2v) is 6.04. The van der Waals surface area contributed by atoms with Gasteiger partial charge in [0.2, 0.25) is 0 Å². The number of aryl methyl sites for hydroxylation is 1.